The van der Waals surface area contributed by atoms with E-state index >= 15 is 0 Å². The van der Waals surface area contributed by atoms with Crippen molar-refractivity contribution in [2.75, 3.05) is 5.32 Å². The number of amides is 1. The van der Waals surface area contributed by atoms with Crippen LogP contribution in [0.5, 0.6) is 0 Å². The normalized spacial score (nSPS) is 16.9. The Morgan fingerprint density at radius 2 is 1.95 bits per heavy atom. The van der Waals surface area contributed by atoms with Crippen molar-refractivity contribution in [2.45, 2.75) is 51.9 Å². The van der Waals surface area contributed by atoms with Gasteiger partial charge in [-0.3, -0.25) is 4.79 Å². The molecule has 1 N–H and O–H groups in total. The van der Waals surface area contributed by atoms with Crippen molar-refractivity contribution >= 4 is 34.2 Å². The zero-order chi connectivity index (χ0) is 13.7. The summed E-state index contributed by atoms with van der Waals surface area (Å²) in [4.78, 5) is 12.1. The van der Waals surface area contributed by atoms with Crippen molar-refractivity contribution in [1.29, 1.82) is 0 Å². The first-order valence-electron chi connectivity index (χ1n) is 7.22. The van der Waals surface area contributed by atoms with Gasteiger partial charge in [-0.25, -0.2) is 0 Å². The van der Waals surface area contributed by atoms with Crippen LogP contribution in [0.25, 0.3) is 0 Å². The summed E-state index contributed by atoms with van der Waals surface area (Å²) in [5, 5.41) is 3.07. The van der Waals surface area contributed by atoms with Crippen LogP contribution in [0.2, 0.25) is 0 Å². The summed E-state index contributed by atoms with van der Waals surface area (Å²) < 4.78 is 1.20. The molecule has 104 valence electrons. The molecule has 0 unspecified atom stereocenters. The molecule has 2 nitrogen and oxygen atoms in total. The molecule has 2 rings (SSSR count). The van der Waals surface area contributed by atoms with Crippen LogP contribution in [0.3, 0.4) is 0 Å². The highest BCUT2D eigenvalue weighted by Crippen LogP contribution is 2.26. The van der Waals surface area contributed by atoms with Crippen LogP contribution < -0.4 is 5.32 Å². The third kappa shape index (κ3) is 4.48. The quantitative estimate of drug-likeness (QED) is 0.594. The van der Waals surface area contributed by atoms with Gasteiger partial charge in [0.2, 0.25) is 5.91 Å². The molecule has 0 bridgehead atoms. The number of carbonyl (C=O) groups excluding carboxylic acids is 1. The van der Waals surface area contributed by atoms with Gasteiger partial charge in [-0.15, -0.1) is 0 Å². The number of hydrogen-bond donors (Lipinski definition) is 1. The summed E-state index contributed by atoms with van der Waals surface area (Å²) in [6, 6.07) is 6.05. The second-order valence-corrected chi connectivity index (χ2v) is 6.68. The van der Waals surface area contributed by atoms with E-state index in [-0.39, 0.29) is 5.91 Å². The van der Waals surface area contributed by atoms with Gasteiger partial charge in [0.15, 0.2) is 0 Å². The van der Waals surface area contributed by atoms with Gasteiger partial charge in [0.05, 0.1) is 0 Å². The van der Waals surface area contributed by atoms with E-state index in [0.29, 0.717) is 12.3 Å². The van der Waals surface area contributed by atoms with E-state index in [1.54, 1.807) is 0 Å². The van der Waals surface area contributed by atoms with E-state index in [1.165, 1.54) is 42.1 Å². The Kier molecular flexibility index (Phi) is 5.67. The van der Waals surface area contributed by atoms with E-state index in [1.807, 2.05) is 12.1 Å². The maximum atomic E-state index is 12.1. The topological polar surface area (TPSA) is 29.1 Å². The van der Waals surface area contributed by atoms with Crippen LogP contribution >= 0.6 is 22.6 Å². The summed E-state index contributed by atoms with van der Waals surface area (Å²) in [5.41, 5.74) is 2.13. The monoisotopic (exact) mass is 371 g/mol. The van der Waals surface area contributed by atoms with Crippen LogP contribution in [0.4, 0.5) is 5.69 Å². The standard InChI is InChI=1S/C16H22INO/c1-12-14(17)9-6-10-15(12)18-16(19)11-13-7-4-2-3-5-8-13/h6,9-10,13H,2-5,7-8,11H2,1H3,(H,18,19). The first kappa shape index (κ1) is 14.8. The molecule has 1 aliphatic carbocycles. The fourth-order valence-corrected chi connectivity index (χ4v) is 3.27. The lowest BCUT2D eigenvalue weighted by Crippen LogP contribution is -2.17. The first-order valence-corrected chi connectivity index (χ1v) is 8.29. The zero-order valence-corrected chi connectivity index (χ0v) is 13.7. The lowest BCUT2D eigenvalue weighted by atomic mass is 9.96. The Labute approximate surface area is 129 Å². The zero-order valence-electron chi connectivity index (χ0n) is 11.5. The van der Waals surface area contributed by atoms with Crippen molar-refractivity contribution in [2.24, 2.45) is 5.92 Å². The van der Waals surface area contributed by atoms with Crippen LogP contribution in [-0.2, 0) is 4.79 Å². The Bertz CT molecular complexity index is 436. The van der Waals surface area contributed by atoms with Gasteiger partial charge in [-0.2, -0.15) is 0 Å². The Morgan fingerprint density at radius 3 is 2.63 bits per heavy atom. The average Bonchev–Trinajstić information content (AvgIpc) is 2.63. The highest BCUT2D eigenvalue weighted by Gasteiger charge is 2.16. The highest BCUT2D eigenvalue weighted by atomic mass is 127. The van der Waals surface area contributed by atoms with Gasteiger partial charge in [-0.05, 0) is 66.0 Å². The Hall–Kier alpha value is -0.580. The van der Waals surface area contributed by atoms with Gasteiger partial charge in [0, 0.05) is 15.7 Å². The lowest BCUT2D eigenvalue weighted by Gasteiger charge is -2.15. The predicted octanol–water partition coefficient (Wildman–Crippen LogP) is 4.90. The molecule has 0 aliphatic heterocycles. The smallest absolute Gasteiger partial charge is 0.224 e. The summed E-state index contributed by atoms with van der Waals surface area (Å²) >= 11 is 2.31. The number of nitrogens with one attached hydrogen (secondary N) is 1. The molecule has 1 aliphatic rings. The molecule has 0 saturated heterocycles. The molecule has 1 aromatic carbocycles. The summed E-state index contributed by atoms with van der Waals surface area (Å²) in [6.45, 7) is 2.06. The largest absolute Gasteiger partial charge is 0.326 e. The molecule has 1 amide bonds. The molecular weight excluding hydrogens is 349 g/mol. The molecule has 0 atom stereocenters. The lowest BCUT2D eigenvalue weighted by molar-refractivity contribution is -0.117. The number of benzene rings is 1. The molecule has 3 heteroatoms. The van der Waals surface area contributed by atoms with Gasteiger partial charge in [-0.1, -0.05) is 31.7 Å². The number of rotatable bonds is 3. The van der Waals surface area contributed by atoms with Crippen molar-refractivity contribution in [3.05, 3.63) is 27.3 Å². The van der Waals surface area contributed by atoms with Crippen molar-refractivity contribution in [1.82, 2.24) is 0 Å². The minimum Gasteiger partial charge on any atom is -0.326 e. The maximum absolute atomic E-state index is 12.1. The molecule has 0 radical (unpaired) electrons. The number of carbonyl (C=O) groups is 1. The van der Waals surface area contributed by atoms with E-state index < -0.39 is 0 Å². The van der Waals surface area contributed by atoms with Crippen LogP contribution in [-0.4, -0.2) is 5.91 Å². The van der Waals surface area contributed by atoms with Crippen LogP contribution in [0.15, 0.2) is 18.2 Å². The van der Waals surface area contributed by atoms with Crippen molar-refractivity contribution in [3.63, 3.8) is 0 Å². The Balaban J connectivity index is 1.91. The molecule has 1 fully saturated rings. The molecule has 0 spiro atoms. The fourth-order valence-electron chi connectivity index (χ4n) is 2.77. The van der Waals surface area contributed by atoms with E-state index in [2.05, 4.69) is 40.9 Å². The molecular formula is C16H22INO. The van der Waals surface area contributed by atoms with Gasteiger partial charge >= 0.3 is 0 Å². The predicted molar refractivity (Wildman–Crippen MR) is 88.3 cm³/mol. The van der Waals surface area contributed by atoms with Crippen molar-refractivity contribution in [3.8, 4) is 0 Å². The van der Waals surface area contributed by atoms with E-state index in [9.17, 15) is 4.79 Å². The minimum atomic E-state index is 0.178. The number of anilines is 1. The van der Waals surface area contributed by atoms with E-state index in [4.69, 9.17) is 0 Å². The second kappa shape index (κ2) is 7.27. The second-order valence-electron chi connectivity index (χ2n) is 5.52. The number of halogens is 1. The fraction of sp³-hybridized carbons (Fsp3) is 0.562. The summed E-state index contributed by atoms with van der Waals surface area (Å²) in [6.07, 6.45) is 8.39. The molecule has 19 heavy (non-hydrogen) atoms. The van der Waals surface area contributed by atoms with Crippen LogP contribution in [0.1, 0.15) is 50.5 Å². The third-order valence-electron chi connectivity index (χ3n) is 3.99. The highest BCUT2D eigenvalue weighted by molar-refractivity contribution is 14.1. The SMILES string of the molecule is Cc1c(I)cccc1NC(=O)CC1CCCCCC1. The van der Waals surface area contributed by atoms with Crippen molar-refractivity contribution < 1.29 is 4.79 Å². The molecule has 1 aromatic rings. The molecule has 1 saturated carbocycles. The van der Waals surface area contributed by atoms with Gasteiger partial charge < -0.3 is 5.32 Å². The van der Waals surface area contributed by atoms with E-state index in [0.717, 1.165) is 11.3 Å². The first-order chi connectivity index (χ1) is 9.16. The summed E-state index contributed by atoms with van der Waals surface area (Å²) in [7, 11) is 0. The third-order valence-corrected chi connectivity index (χ3v) is 5.16. The maximum Gasteiger partial charge on any atom is 0.224 e. The van der Waals surface area contributed by atoms with Crippen LogP contribution in [0, 0.1) is 16.4 Å². The molecule has 0 heterocycles. The summed E-state index contributed by atoms with van der Waals surface area (Å²) in [5.74, 6) is 0.766. The molecule has 0 aromatic heterocycles. The van der Waals surface area contributed by atoms with Gasteiger partial charge in [0.1, 0.15) is 0 Å². The minimum absolute atomic E-state index is 0.178. The van der Waals surface area contributed by atoms with Gasteiger partial charge in [0.25, 0.3) is 0 Å². The number of hydrogen-bond acceptors (Lipinski definition) is 1. The average molecular weight is 371 g/mol. The Morgan fingerprint density at radius 1 is 1.26 bits per heavy atom.